The fraction of sp³-hybridized carbons (Fsp3) is 1.00. The molecular formula is C10H5Cl3F16Si. The Kier molecular flexibility index (Phi) is 7.49. The predicted molar refractivity (Wildman–Crippen MR) is 73.2 cm³/mol. The van der Waals surface area contributed by atoms with Crippen LogP contribution in [0.3, 0.4) is 0 Å². The van der Waals surface area contributed by atoms with Gasteiger partial charge in [0, 0.05) is 6.42 Å². The van der Waals surface area contributed by atoms with E-state index >= 15 is 0 Å². The summed E-state index contributed by atoms with van der Waals surface area (Å²) >= 11 is 13.0. The van der Waals surface area contributed by atoms with Crippen LogP contribution >= 0.6 is 33.2 Å². The van der Waals surface area contributed by atoms with Crippen molar-refractivity contribution in [3.05, 3.63) is 0 Å². The van der Waals surface area contributed by atoms with Gasteiger partial charge in [-0.15, -0.1) is 33.2 Å². The average Bonchev–Trinajstić information content (AvgIpc) is 2.52. The van der Waals surface area contributed by atoms with E-state index in [9.17, 15) is 70.2 Å². The minimum absolute atomic E-state index is 0.0464. The summed E-state index contributed by atoms with van der Waals surface area (Å²) in [4.78, 5) is 0. The summed E-state index contributed by atoms with van der Waals surface area (Å²) < 4.78 is 213. The lowest BCUT2D eigenvalue weighted by Crippen LogP contribution is -2.76. The molecule has 0 aromatic rings. The van der Waals surface area contributed by atoms with Crippen molar-refractivity contribution >= 4 is 39.2 Å². The van der Waals surface area contributed by atoms with Gasteiger partial charge in [-0.05, 0) is 0 Å². The average molecular weight is 564 g/mol. The molecule has 182 valence electrons. The summed E-state index contributed by atoms with van der Waals surface area (Å²) in [7, 11) is 0. The van der Waals surface area contributed by atoms with Crippen LogP contribution in [0.4, 0.5) is 70.2 Å². The van der Waals surface area contributed by atoms with Gasteiger partial charge in [-0.1, -0.05) is 6.92 Å². The van der Waals surface area contributed by atoms with Gasteiger partial charge in [0.25, 0.3) is 0 Å². The maximum atomic E-state index is 13.4. The summed E-state index contributed by atoms with van der Waals surface area (Å²) in [5, 5.41) is 0. The molecule has 0 unspecified atom stereocenters. The highest BCUT2D eigenvalue weighted by Crippen LogP contribution is 2.65. The van der Waals surface area contributed by atoms with Crippen LogP contribution in [0.15, 0.2) is 0 Å². The molecule has 0 radical (unpaired) electrons. The largest absolute Gasteiger partial charge is 0.424 e. The van der Waals surface area contributed by atoms with Crippen LogP contribution in [0, 0.1) is 0 Å². The topological polar surface area (TPSA) is 0 Å². The first-order chi connectivity index (χ1) is 12.6. The Morgan fingerprint density at radius 3 is 0.933 bits per heavy atom. The Hall–Kier alpha value is -0.0331. The van der Waals surface area contributed by atoms with E-state index < -0.39 is 59.4 Å². The first-order valence-electron chi connectivity index (χ1n) is 6.65. The molecule has 0 N–H and O–H groups in total. The lowest BCUT2D eigenvalue weighted by atomic mass is 9.88. The van der Waals surface area contributed by atoms with Gasteiger partial charge in [-0.25, -0.2) is 0 Å². The van der Waals surface area contributed by atoms with Crippen molar-refractivity contribution in [1.29, 1.82) is 0 Å². The third kappa shape index (κ3) is 3.62. The SMILES string of the molecule is CCC(F)(F)C(F)(F)C(F)(F)C(F)(F)C(F)(F)C(F)(F)C(F)(F)C(F)(F)[Si](Cl)(Cl)Cl. The van der Waals surface area contributed by atoms with Crippen molar-refractivity contribution in [2.24, 2.45) is 0 Å². The quantitative estimate of drug-likeness (QED) is 0.153. The van der Waals surface area contributed by atoms with Gasteiger partial charge in [0.2, 0.25) is 0 Å². The van der Waals surface area contributed by atoms with E-state index in [0.29, 0.717) is 0 Å². The summed E-state index contributed by atoms with van der Waals surface area (Å²) in [6.45, 7) is -0.0464. The molecule has 0 aromatic carbocycles. The Balaban J connectivity index is 6.85. The molecule has 0 nitrogen and oxygen atoms in total. The normalized spacial score (nSPS) is 16.8. The second-order valence-corrected chi connectivity index (χ2v) is 14.0. The monoisotopic (exact) mass is 562 g/mol. The highest BCUT2D eigenvalue weighted by Gasteiger charge is 2.95. The van der Waals surface area contributed by atoms with Gasteiger partial charge < -0.3 is 0 Å². The molecule has 0 saturated carbocycles. The number of halogens is 19. The van der Waals surface area contributed by atoms with Crippen molar-refractivity contribution in [2.45, 2.75) is 60.3 Å². The van der Waals surface area contributed by atoms with Crippen LogP contribution in [-0.4, -0.2) is 53.0 Å². The van der Waals surface area contributed by atoms with E-state index in [1.54, 1.807) is 0 Å². The molecule has 20 heteroatoms. The van der Waals surface area contributed by atoms with Gasteiger partial charge in [-0.2, -0.15) is 70.2 Å². The van der Waals surface area contributed by atoms with Crippen LogP contribution in [0.5, 0.6) is 0 Å². The van der Waals surface area contributed by atoms with Crippen LogP contribution in [0.1, 0.15) is 13.3 Å². The maximum absolute atomic E-state index is 13.4. The second-order valence-electron chi connectivity index (χ2n) is 5.58. The first kappa shape index (κ1) is 30.0. The van der Waals surface area contributed by atoms with E-state index in [4.69, 9.17) is 0 Å². The summed E-state index contributed by atoms with van der Waals surface area (Å²) in [6, 6.07) is -6.57. The van der Waals surface area contributed by atoms with Crippen molar-refractivity contribution in [3.63, 3.8) is 0 Å². The zero-order valence-electron chi connectivity index (χ0n) is 13.4. The number of alkyl halides is 16. The van der Waals surface area contributed by atoms with Gasteiger partial charge in [0.15, 0.2) is 0 Å². The molecule has 0 aromatic heterocycles. The lowest BCUT2D eigenvalue weighted by molar-refractivity contribution is -0.449. The molecule has 30 heavy (non-hydrogen) atoms. The van der Waals surface area contributed by atoms with Gasteiger partial charge in [0.05, 0.1) is 0 Å². The maximum Gasteiger partial charge on any atom is 0.424 e. The molecule has 0 fully saturated rings. The summed E-state index contributed by atoms with van der Waals surface area (Å²) in [6.07, 6.45) is -2.44. The Labute approximate surface area is 170 Å². The van der Waals surface area contributed by atoms with Crippen LogP contribution in [-0.2, 0) is 0 Å². The molecule has 0 saturated heterocycles. The number of hydrogen-bond donors (Lipinski definition) is 0. The molecule has 0 amide bonds. The molecule has 0 aliphatic carbocycles. The second kappa shape index (κ2) is 7.50. The standard InChI is InChI=1S/C10H5Cl3F16Si/c1-2-3(14,15)4(16,17)5(18,19)6(20,21)7(22,23)8(24,25)9(26,27)10(28,29)30(11,12)13/h2H2,1H3. The zero-order chi connectivity index (χ0) is 25.2. The number of hydrogen-bond acceptors (Lipinski definition) is 0. The first-order valence-corrected chi connectivity index (χ1v) is 11.7. The molecule has 0 spiro atoms. The van der Waals surface area contributed by atoms with Crippen molar-refractivity contribution < 1.29 is 70.2 Å². The summed E-state index contributed by atoms with van der Waals surface area (Å²) in [5.41, 5.74) is -6.86. The fourth-order valence-corrected chi connectivity index (χ4v) is 3.20. The van der Waals surface area contributed by atoms with Crippen LogP contribution in [0.2, 0.25) is 0 Å². The Bertz CT molecular complexity index is 640. The molecular weight excluding hydrogens is 559 g/mol. The molecule has 0 atom stereocenters. The third-order valence-corrected chi connectivity index (χ3v) is 6.79. The van der Waals surface area contributed by atoms with E-state index in [0.717, 1.165) is 0 Å². The molecule has 0 aliphatic rings. The van der Waals surface area contributed by atoms with E-state index in [1.165, 1.54) is 0 Å². The van der Waals surface area contributed by atoms with Gasteiger partial charge in [0.1, 0.15) is 0 Å². The van der Waals surface area contributed by atoms with Crippen LogP contribution < -0.4 is 0 Å². The predicted octanol–water partition coefficient (Wildman–Crippen LogP) is 7.67. The molecule has 0 bridgehead atoms. The van der Waals surface area contributed by atoms with Crippen molar-refractivity contribution in [3.8, 4) is 0 Å². The van der Waals surface area contributed by atoms with Crippen molar-refractivity contribution in [1.82, 2.24) is 0 Å². The lowest BCUT2D eigenvalue weighted by Gasteiger charge is -2.44. The van der Waals surface area contributed by atoms with Crippen LogP contribution in [0.25, 0.3) is 0 Å². The Morgan fingerprint density at radius 2 is 0.700 bits per heavy atom. The molecule has 0 heterocycles. The molecule has 0 aliphatic heterocycles. The number of rotatable bonds is 9. The van der Waals surface area contributed by atoms with Gasteiger partial charge in [-0.3, -0.25) is 0 Å². The van der Waals surface area contributed by atoms with E-state index in [1.807, 2.05) is 0 Å². The zero-order valence-corrected chi connectivity index (χ0v) is 16.7. The smallest absolute Gasteiger partial charge is 0.200 e. The minimum Gasteiger partial charge on any atom is -0.200 e. The van der Waals surface area contributed by atoms with E-state index in [-0.39, 0.29) is 6.92 Å². The highest BCUT2D eigenvalue weighted by molar-refractivity contribution is 7.65. The Morgan fingerprint density at radius 1 is 0.467 bits per heavy atom. The summed E-state index contributed by atoms with van der Waals surface area (Å²) in [5.74, 6) is -55.1. The van der Waals surface area contributed by atoms with Crippen molar-refractivity contribution in [2.75, 3.05) is 0 Å². The fourth-order valence-electron chi connectivity index (χ4n) is 1.62. The molecule has 0 rings (SSSR count). The van der Waals surface area contributed by atoms with E-state index in [2.05, 4.69) is 33.2 Å². The minimum atomic E-state index is -8.51. The van der Waals surface area contributed by atoms with Gasteiger partial charge >= 0.3 is 53.0 Å². The third-order valence-electron chi connectivity index (χ3n) is 3.63. The highest BCUT2D eigenvalue weighted by atomic mass is 35.8.